The Hall–Kier alpha value is -5.52. The normalized spacial score (nSPS) is 12.8. The fraction of sp³-hybridized carbons (Fsp3) is 0.235. The number of hydrogen-bond acceptors (Lipinski definition) is 8. The summed E-state index contributed by atoms with van der Waals surface area (Å²) < 4.78 is 47.5. The Bertz CT molecular complexity index is 1980. The molecule has 0 aliphatic carbocycles. The molecule has 0 fully saturated rings. The van der Waals surface area contributed by atoms with E-state index in [1.165, 1.54) is 23.8 Å². The van der Waals surface area contributed by atoms with Crippen LogP contribution in [0.15, 0.2) is 66.9 Å². The lowest BCUT2D eigenvalue weighted by Crippen LogP contribution is -2.26. The Balaban J connectivity index is 1.41. The fourth-order valence-corrected chi connectivity index (χ4v) is 5.32. The molecule has 0 saturated carbocycles. The number of carbonyl (C=O) groups is 2. The summed E-state index contributed by atoms with van der Waals surface area (Å²) in [6, 6.07) is 15.5. The molecule has 1 aliphatic rings. The van der Waals surface area contributed by atoms with Gasteiger partial charge < -0.3 is 24.4 Å². The van der Waals surface area contributed by atoms with Crippen molar-refractivity contribution in [2.24, 2.45) is 0 Å². The molecule has 1 aliphatic heterocycles. The maximum absolute atomic E-state index is 14.9. The highest BCUT2D eigenvalue weighted by Crippen LogP contribution is 2.37. The molecule has 0 bridgehead atoms. The number of benzene rings is 2. The van der Waals surface area contributed by atoms with E-state index < -0.39 is 23.3 Å². The van der Waals surface area contributed by atoms with Crippen molar-refractivity contribution < 1.29 is 32.6 Å². The van der Waals surface area contributed by atoms with E-state index in [9.17, 15) is 18.4 Å². The predicted molar refractivity (Wildman–Crippen MR) is 167 cm³/mol. The van der Waals surface area contributed by atoms with Crippen LogP contribution in [0.2, 0.25) is 0 Å². The molecule has 2 aromatic carbocycles. The topological polar surface area (TPSA) is 108 Å². The molecule has 1 amide bonds. The number of fused-ring (bicyclic) bond motifs is 2. The number of anilines is 2. The van der Waals surface area contributed by atoms with Crippen molar-refractivity contribution >= 4 is 34.5 Å². The SMILES string of the molecule is COc1ccc(CN2Cc3nc(-c4c(F)cccc4F)cc(Nc4ccc5ccn(C(=O)OC(C)(C)C)c5n4)c3C2=O)c(OC)c1. The molecular weight excluding hydrogens is 596 g/mol. The van der Waals surface area contributed by atoms with Gasteiger partial charge in [-0.1, -0.05) is 6.07 Å². The molecule has 1 N–H and O–H groups in total. The molecule has 46 heavy (non-hydrogen) atoms. The zero-order chi connectivity index (χ0) is 32.7. The van der Waals surface area contributed by atoms with Crippen LogP contribution in [0.4, 0.5) is 25.1 Å². The highest BCUT2D eigenvalue weighted by Gasteiger charge is 2.34. The quantitative estimate of drug-likeness (QED) is 0.204. The number of ether oxygens (including phenoxy) is 3. The fourth-order valence-electron chi connectivity index (χ4n) is 5.32. The maximum atomic E-state index is 14.9. The molecule has 0 radical (unpaired) electrons. The van der Waals surface area contributed by atoms with Gasteiger partial charge in [0.1, 0.15) is 34.6 Å². The number of methoxy groups -OCH3 is 2. The van der Waals surface area contributed by atoms with Gasteiger partial charge in [0.25, 0.3) is 5.91 Å². The van der Waals surface area contributed by atoms with Crippen molar-refractivity contribution in [1.29, 1.82) is 0 Å². The van der Waals surface area contributed by atoms with E-state index in [1.807, 2.05) is 0 Å². The molecule has 0 atom stereocenters. The molecule has 0 unspecified atom stereocenters. The van der Waals surface area contributed by atoms with Crippen LogP contribution in [0.25, 0.3) is 22.3 Å². The Morgan fingerprint density at radius 3 is 2.41 bits per heavy atom. The number of halogens is 2. The number of carbonyl (C=O) groups excluding carboxylic acids is 2. The second-order valence-corrected chi connectivity index (χ2v) is 11.7. The van der Waals surface area contributed by atoms with Gasteiger partial charge in [-0.05, 0) is 69.3 Å². The second-order valence-electron chi connectivity index (χ2n) is 11.7. The molecule has 0 saturated heterocycles. The van der Waals surface area contributed by atoms with Gasteiger partial charge in [-0.2, -0.15) is 0 Å². The zero-order valence-electron chi connectivity index (χ0n) is 25.9. The first kappa shape index (κ1) is 30.5. The summed E-state index contributed by atoms with van der Waals surface area (Å²) >= 11 is 0. The van der Waals surface area contributed by atoms with Gasteiger partial charge in [0.05, 0.1) is 55.5 Å². The zero-order valence-corrected chi connectivity index (χ0v) is 25.9. The minimum Gasteiger partial charge on any atom is -0.497 e. The first-order valence-electron chi connectivity index (χ1n) is 14.4. The predicted octanol–water partition coefficient (Wildman–Crippen LogP) is 7.08. The van der Waals surface area contributed by atoms with Crippen LogP contribution in [0, 0.1) is 11.6 Å². The number of aromatic nitrogens is 3. The number of amides is 1. The summed E-state index contributed by atoms with van der Waals surface area (Å²) in [4.78, 5) is 37.5. The number of nitrogens with zero attached hydrogens (tertiary/aromatic N) is 4. The average Bonchev–Trinajstić information content (AvgIpc) is 3.57. The van der Waals surface area contributed by atoms with Crippen LogP contribution in [0.3, 0.4) is 0 Å². The Labute approximate surface area is 263 Å². The van der Waals surface area contributed by atoms with E-state index >= 15 is 0 Å². The Kier molecular flexibility index (Phi) is 7.80. The number of pyridine rings is 2. The monoisotopic (exact) mass is 627 g/mol. The molecule has 4 heterocycles. The smallest absolute Gasteiger partial charge is 0.420 e. The van der Waals surface area contributed by atoms with E-state index in [4.69, 9.17) is 14.2 Å². The molecule has 0 spiro atoms. The molecule has 12 heteroatoms. The lowest BCUT2D eigenvalue weighted by atomic mass is 10.1. The van der Waals surface area contributed by atoms with Crippen LogP contribution in [0.1, 0.15) is 42.4 Å². The van der Waals surface area contributed by atoms with E-state index in [2.05, 4.69) is 15.3 Å². The average molecular weight is 628 g/mol. The summed E-state index contributed by atoms with van der Waals surface area (Å²) in [5, 5.41) is 3.83. The minimum atomic E-state index is -0.794. The molecule has 6 rings (SSSR count). The van der Waals surface area contributed by atoms with Crippen molar-refractivity contribution in [2.75, 3.05) is 19.5 Å². The van der Waals surface area contributed by atoms with E-state index in [0.717, 1.165) is 17.7 Å². The first-order chi connectivity index (χ1) is 22.0. The van der Waals surface area contributed by atoms with Gasteiger partial charge >= 0.3 is 6.09 Å². The van der Waals surface area contributed by atoms with Crippen molar-refractivity contribution in [1.82, 2.24) is 19.4 Å². The van der Waals surface area contributed by atoms with Crippen LogP contribution < -0.4 is 14.8 Å². The van der Waals surface area contributed by atoms with Gasteiger partial charge in [0, 0.05) is 23.2 Å². The van der Waals surface area contributed by atoms with Gasteiger partial charge in [0.15, 0.2) is 5.65 Å². The Morgan fingerprint density at radius 1 is 0.957 bits per heavy atom. The summed E-state index contributed by atoms with van der Waals surface area (Å²) in [7, 11) is 3.08. The van der Waals surface area contributed by atoms with Crippen molar-refractivity contribution in [3.63, 3.8) is 0 Å². The molecule has 5 aromatic rings. The van der Waals surface area contributed by atoms with E-state index in [1.54, 1.807) is 75.4 Å². The van der Waals surface area contributed by atoms with E-state index in [-0.39, 0.29) is 47.3 Å². The van der Waals surface area contributed by atoms with Gasteiger partial charge in [-0.25, -0.2) is 28.1 Å². The number of rotatable bonds is 7. The van der Waals surface area contributed by atoms with Crippen LogP contribution in [-0.2, 0) is 17.8 Å². The van der Waals surface area contributed by atoms with Crippen molar-refractivity contribution in [3.8, 4) is 22.8 Å². The van der Waals surface area contributed by atoms with Gasteiger partial charge in [0.2, 0.25) is 0 Å². The minimum absolute atomic E-state index is 0.00624. The maximum Gasteiger partial charge on any atom is 0.420 e. The van der Waals surface area contributed by atoms with Gasteiger partial charge in [-0.3, -0.25) is 4.79 Å². The van der Waals surface area contributed by atoms with Crippen LogP contribution >= 0.6 is 0 Å². The number of nitrogens with one attached hydrogen (secondary N) is 1. The summed E-state index contributed by atoms with van der Waals surface area (Å²) in [5.41, 5.74) is 0.834. The molecule has 236 valence electrons. The molecular formula is C34H31F2N5O5. The third-order valence-corrected chi connectivity index (χ3v) is 7.40. The third-order valence-electron chi connectivity index (χ3n) is 7.40. The van der Waals surface area contributed by atoms with E-state index in [0.29, 0.717) is 28.2 Å². The highest BCUT2D eigenvalue weighted by atomic mass is 19.1. The van der Waals surface area contributed by atoms with Crippen LogP contribution in [-0.4, -0.2) is 51.3 Å². The summed E-state index contributed by atoms with van der Waals surface area (Å²) in [5.74, 6) is -0.513. The lowest BCUT2D eigenvalue weighted by molar-refractivity contribution is 0.0543. The molecule has 10 nitrogen and oxygen atoms in total. The van der Waals surface area contributed by atoms with Crippen molar-refractivity contribution in [3.05, 3.63) is 95.3 Å². The van der Waals surface area contributed by atoms with Gasteiger partial charge in [-0.15, -0.1) is 0 Å². The first-order valence-corrected chi connectivity index (χ1v) is 14.4. The van der Waals surface area contributed by atoms with Crippen molar-refractivity contribution in [2.45, 2.75) is 39.5 Å². The molecule has 3 aromatic heterocycles. The standard InChI is InChI=1S/C34H31F2N5O5/c1-34(2,3)46-33(43)41-14-13-19-10-12-28(39-31(19)41)38-25-16-24(29-22(35)7-6-8-23(29)36)37-26-18-40(32(42)30(25)26)17-20-9-11-21(44-4)15-27(20)45-5/h6-16H,17-18H2,1-5H3,(H,37,38,39). The Morgan fingerprint density at radius 2 is 1.72 bits per heavy atom. The lowest BCUT2D eigenvalue weighted by Gasteiger charge is -2.19. The van der Waals surface area contributed by atoms with Crippen LogP contribution in [0.5, 0.6) is 11.5 Å². The summed E-state index contributed by atoms with van der Waals surface area (Å²) in [6.45, 7) is 5.56. The second kappa shape index (κ2) is 11.8. The highest BCUT2D eigenvalue weighted by molar-refractivity contribution is 6.04. The third kappa shape index (κ3) is 5.81. The summed E-state index contributed by atoms with van der Waals surface area (Å²) in [6.07, 6.45) is 0.960. The largest absolute Gasteiger partial charge is 0.497 e. The number of hydrogen-bond donors (Lipinski definition) is 1.